The highest BCUT2D eigenvalue weighted by Crippen LogP contribution is 2.16. The second kappa shape index (κ2) is 23.8. The van der Waals surface area contributed by atoms with Gasteiger partial charge in [-0.25, -0.2) is 9.59 Å². The van der Waals surface area contributed by atoms with E-state index in [1.54, 1.807) is 0 Å². The lowest BCUT2D eigenvalue weighted by Crippen LogP contribution is -2.42. The number of unbranched alkanes of at least 4 members (excludes halogenated alkanes) is 11. The number of imide groups is 1. The Morgan fingerprint density at radius 2 is 1.04 bits per heavy atom. The summed E-state index contributed by atoms with van der Waals surface area (Å²) in [6, 6.07) is 17.7. The van der Waals surface area contributed by atoms with Crippen molar-refractivity contribution in [2.45, 2.75) is 135 Å². The number of nitrogens with one attached hydrogen (secondary N) is 1. The minimum absolute atomic E-state index is 0.0151. The Balaban J connectivity index is 1.21. The summed E-state index contributed by atoms with van der Waals surface area (Å²) in [7, 11) is 0. The standard InChI is InChI=1S/C39H52N2O9/c42-34(23-17-9-7-5-3-1-2-4-6-8-10-18-24-37(45)48-29-31-19-13-11-14-20-31)40-33(39(47)49-30-32-21-15-12-16-22-32)25-28-38(46)50-41-35(43)26-27-36(41)44/h11-16,19-22,33H,1-10,17-18,23-30H2,(H,40,42)/t33-/m0/s1. The number of carbonyl (C=O) groups is 6. The second-order valence-electron chi connectivity index (χ2n) is 12.7. The van der Waals surface area contributed by atoms with Crippen LogP contribution in [-0.2, 0) is 56.3 Å². The molecular formula is C39H52N2O9. The molecule has 0 bridgehead atoms. The van der Waals surface area contributed by atoms with Crippen molar-refractivity contribution in [3.05, 3.63) is 71.8 Å². The van der Waals surface area contributed by atoms with Gasteiger partial charge in [0, 0.05) is 25.7 Å². The van der Waals surface area contributed by atoms with Gasteiger partial charge in [0.1, 0.15) is 19.3 Å². The molecule has 1 atom stereocenters. The van der Waals surface area contributed by atoms with E-state index in [4.69, 9.17) is 14.3 Å². The average Bonchev–Trinajstić information content (AvgIpc) is 3.44. The van der Waals surface area contributed by atoms with Crippen molar-refractivity contribution >= 4 is 35.6 Å². The first-order chi connectivity index (χ1) is 24.3. The Kier molecular flexibility index (Phi) is 19.0. The van der Waals surface area contributed by atoms with Crippen LogP contribution >= 0.6 is 0 Å². The minimum Gasteiger partial charge on any atom is -0.461 e. The summed E-state index contributed by atoms with van der Waals surface area (Å²) in [6.45, 7) is 0.350. The SMILES string of the molecule is O=C(CCCCCCCCCCCCCCC(=O)OCc1ccccc1)N[C@@H](CCC(=O)ON1C(=O)CCC1=O)C(=O)OCc1ccccc1. The molecule has 1 aliphatic heterocycles. The largest absolute Gasteiger partial charge is 0.461 e. The molecule has 3 rings (SSSR count). The molecule has 0 unspecified atom stereocenters. The van der Waals surface area contributed by atoms with Gasteiger partial charge in [-0.15, -0.1) is 5.06 Å². The van der Waals surface area contributed by atoms with Crippen molar-refractivity contribution in [2.24, 2.45) is 0 Å². The quantitative estimate of drug-likeness (QED) is 0.0674. The molecule has 1 aliphatic rings. The van der Waals surface area contributed by atoms with Crippen LogP contribution in [-0.4, -0.2) is 46.7 Å². The zero-order valence-corrected chi connectivity index (χ0v) is 29.1. The number of benzene rings is 2. The summed E-state index contributed by atoms with van der Waals surface area (Å²) in [5.41, 5.74) is 1.78. The molecule has 0 spiro atoms. The normalized spacial score (nSPS) is 13.2. The highest BCUT2D eigenvalue weighted by atomic mass is 16.7. The third-order valence-electron chi connectivity index (χ3n) is 8.46. The maximum atomic E-state index is 12.9. The van der Waals surface area contributed by atoms with Crippen LogP contribution in [0.1, 0.15) is 127 Å². The first-order valence-corrected chi connectivity index (χ1v) is 18.1. The first kappa shape index (κ1) is 39.9. The van der Waals surface area contributed by atoms with Gasteiger partial charge in [0.05, 0.1) is 6.42 Å². The fourth-order valence-corrected chi connectivity index (χ4v) is 5.55. The summed E-state index contributed by atoms with van der Waals surface area (Å²) < 4.78 is 10.7. The minimum atomic E-state index is -1.08. The molecule has 3 amide bonds. The average molecular weight is 693 g/mol. The number of nitrogens with zero attached hydrogens (tertiary/aromatic N) is 1. The molecule has 0 aliphatic carbocycles. The molecule has 272 valence electrons. The molecule has 1 N–H and O–H groups in total. The van der Waals surface area contributed by atoms with E-state index in [0.717, 1.165) is 56.1 Å². The summed E-state index contributed by atoms with van der Waals surface area (Å²) >= 11 is 0. The zero-order chi connectivity index (χ0) is 35.8. The van der Waals surface area contributed by atoms with E-state index < -0.39 is 29.8 Å². The maximum Gasteiger partial charge on any atom is 0.333 e. The van der Waals surface area contributed by atoms with E-state index in [0.29, 0.717) is 24.5 Å². The molecule has 0 saturated carbocycles. The summed E-state index contributed by atoms with van der Waals surface area (Å²) in [5, 5.41) is 3.15. The second-order valence-corrected chi connectivity index (χ2v) is 12.7. The predicted molar refractivity (Wildman–Crippen MR) is 185 cm³/mol. The Hall–Kier alpha value is -4.54. The highest BCUT2D eigenvalue weighted by molar-refractivity contribution is 6.01. The Labute approximate surface area is 295 Å². The third kappa shape index (κ3) is 16.7. The topological polar surface area (TPSA) is 145 Å². The number of hydrogen-bond acceptors (Lipinski definition) is 9. The number of hydroxylamine groups is 2. The zero-order valence-electron chi connectivity index (χ0n) is 29.1. The Bertz CT molecular complexity index is 1330. The summed E-state index contributed by atoms with van der Waals surface area (Å²) in [6.07, 6.45) is 12.9. The van der Waals surface area contributed by atoms with Gasteiger partial charge in [-0.1, -0.05) is 125 Å². The molecular weight excluding hydrogens is 640 g/mol. The maximum absolute atomic E-state index is 12.9. The van der Waals surface area contributed by atoms with Crippen molar-refractivity contribution in [2.75, 3.05) is 0 Å². The van der Waals surface area contributed by atoms with Crippen LogP contribution in [0, 0.1) is 0 Å². The molecule has 0 radical (unpaired) electrons. The fraction of sp³-hybridized carbons (Fsp3) is 0.538. The Morgan fingerprint density at radius 1 is 0.580 bits per heavy atom. The molecule has 50 heavy (non-hydrogen) atoms. The van der Waals surface area contributed by atoms with Crippen LogP contribution in [0.25, 0.3) is 0 Å². The number of rotatable bonds is 25. The molecule has 1 saturated heterocycles. The molecule has 0 aromatic heterocycles. The number of ether oxygens (including phenoxy) is 2. The van der Waals surface area contributed by atoms with Crippen molar-refractivity contribution in [1.29, 1.82) is 0 Å². The van der Waals surface area contributed by atoms with E-state index in [9.17, 15) is 28.8 Å². The number of esters is 2. The molecule has 11 nitrogen and oxygen atoms in total. The van der Waals surface area contributed by atoms with Crippen LogP contribution < -0.4 is 5.32 Å². The van der Waals surface area contributed by atoms with Crippen molar-refractivity contribution in [3.63, 3.8) is 0 Å². The first-order valence-electron chi connectivity index (χ1n) is 18.1. The predicted octanol–water partition coefficient (Wildman–Crippen LogP) is 6.81. The number of amides is 3. The van der Waals surface area contributed by atoms with Crippen molar-refractivity contribution in [3.8, 4) is 0 Å². The third-order valence-corrected chi connectivity index (χ3v) is 8.46. The van der Waals surface area contributed by atoms with Gasteiger partial charge in [-0.05, 0) is 30.4 Å². The fourth-order valence-electron chi connectivity index (χ4n) is 5.55. The van der Waals surface area contributed by atoms with Gasteiger partial charge >= 0.3 is 17.9 Å². The Morgan fingerprint density at radius 3 is 1.56 bits per heavy atom. The monoisotopic (exact) mass is 692 g/mol. The van der Waals surface area contributed by atoms with Crippen LogP contribution in [0.2, 0.25) is 0 Å². The van der Waals surface area contributed by atoms with E-state index >= 15 is 0 Å². The summed E-state index contributed by atoms with van der Waals surface area (Å²) in [4.78, 5) is 78.2. The lowest BCUT2D eigenvalue weighted by Gasteiger charge is -2.18. The van der Waals surface area contributed by atoms with Crippen LogP contribution in [0.3, 0.4) is 0 Å². The lowest BCUT2D eigenvalue weighted by atomic mass is 10.0. The number of carbonyl (C=O) groups excluding carboxylic acids is 6. The molecule has 1 heterocycles. The smallest absolute Gasteiger partial charge is 0.333 e. The number of hydrogen-bond donors (Lipinski definition) is 1. The van der Waals surface area contributed by atoms with E-state index in [1.807, 2.05) is 60.7 Å². The van der Waals surface area contributed by atoms with Crippen LogP contribution in [0.4, 0.5) is 0 Å². The van der Waals surface area contributed by atoms with Gasteiger partial charge < -0.3 is 19.6 Å². The van der Waals surface area contributed by atoms with E-state index in [-0.39, 0.29) is 50.6 Å². The van der Waals surface area contributed by atoms with E-state index in [1.165, 1.54) is 25.7 Å². The van der Waals surface area contributed by atoms with Gasteiger partial charge in [-0.2, -0.15) is 0 Å². The van der Waals surface area contributed by atoms with Crippen LogP contribution in [0.5, 0.6) is 0 Å². The molecule has 2 aromatic rings. The van der Waals surface area contributed by atoms with Gasteiger partial charge in [0.25, 0.3) is 11.8 Å². The van der Waals surface area contributed by atoms with Crippen molar-refractivity contribution in [1.82, 2.24) is 10.4 Å². The summed E-state index contributed by atoms with van der Waals surface area (Å²) in [5.74, 6) is -3.15. The van der Waals surface area contributed by atoms with Gasteiger partial charge in [-0.3, -0.25) is 19.2 Å². The van der Waals surface area contributed by atoms with Crippen molar-refractivity contribution < 1.29 is 43.1 Å². The lowest BCUT2D eigenvalue weighted by molar-refractivity contribution is -0.197. The van der Waals surface area contributed by atoms with Gasteiger partial charge in [0.15, 0.2) is 0 Å². The highest BCUT2D eigenvalue weighted by Gasteiger charge is 2.33. The van der Waals surface area contributed by atoms with E-state index in [2.05, 4.69) is 5.32 Å². The van der Waals surface area contributed by atoms with Gasteiger partial charge in [0.2, 0.25) is 5.91 Å². The molecule has 1 fully saturated rings. The molecule has 2 aromatic carbocycles. The molecule has 11 heteroatoms. The van der Waals surface area contributed by atoms with Crippen LogP contribution in [0.15, 0.2) is 60.7 Å².